The molecule has 0 bridgehead atoms. The predicted octanol–water partition coefficient (Wildman–Crippen LogP) is 0.707. The molecule has 2 heterocycles. The van der Waals surface area contributed by atoms with Crippen LogP contribution in [0.3, 0.4) is 0 Å². The van der Waals surface area contributed by atoms with Crippen LogP contribution in [-0.4, -0.2) is 64.8 Å². The van der Waals surface area contributed by atoms with Crippen molar-refractivity contribution in [3.05, 3.63) is 17.5 Å². The van der Waals surface area contributed by atoms with E-state index in [4.69, 9.17) is 5.73 Å². The number of piperazine rings is 1. The highest BCUT2D eigenvalue weighted by Crippen LogP contribution is 2.16. The van der Waals surface area contributed by atoms with Crippen molar-refractivity contribution in [1.29, 1.82) is 0 Å². The van der Waals surface area contributed by atoms with Crippen LogP contribution < -0.4 is 5.73 Å². The summed E-state index contributed by atoms with van der Waals surface area (Å²) in [5.41, 5.74) is 7.21. The van der Waals surface area contributed by atoms with E-state index < -0.39 is 0 Å². The second-order valence-electron chi connectivity index (χ2n) is 5.80. The number of rotatable bonds is 5. The van der Waals surface area contributed by atoms with Gasteiger partial charge in [-0.15, -0.1) is 0 Å². The summed E-state index contributed by atoms with van der Waals surface area (Å²) in [6.45, 7) is 8.08. The van der Waals surface area contributed by atoms with Gasteiger partial charge in [0.2, 0.25) is 0 Å². The van der Waals surface area contributed by atoms with Gasteiger partial charge in [-0.25, -0.2) is 0 Å². The van der Waals surface area contributed by atoms with Gasteiger partial charge < -0.3 is 10.6 Å². The number of nitrogens with two attached hydrogens (primary N) is 1. The molecule has 0 aliphatic carbocycles. The first-order chi connectivity index (χ1) is 10.1. The largest absolute Gasteiger partial charge is 0.336 e. The van der Waals surface area contributed by atoms with Gasteiger partial charge in [0.15, 0.2) is 0 Å². The van der Waals surface area contributed by atoms with Gasteiger partial charge in [-0.1, -0.05) is 6.92 Å². The SMILES string of the molecule is CCC1CN(C(=O)c2cnn(CCCN)c2C)CCN1C. The zero-order valence-electron chi connectivity index (χ0n) is 13.4. The van der Waals surface area contributed by atoms with Crippen LogP contribution in [0.15, 0.2) is 6.20 Å². The molecular weight excluding hydrogens is 266 g/mol. The quantitative estimate of drug-likeness (QED) is 0.868. The van der Waals surface area contributed by atoms with E-state index in [1.165, 1.54) is 0 Å². The fourth-order valence-corrected chi connectivity index (χ4v) is 2.86. The monoisotopic (exact) mass is 293 g/mol. The Hall–Kier alpha value is -1.40. The van der Waals surface area contributed by atoms with E-state index in [9.17, 15) is 4.79 Å². The number of hydrogen-bond acceptors (Lipinski definition) is 4. The first-order valence-corrected chi connectivity index (χ1v) is 7.80. The Labute approximate surface area is 126 Å². The zero-order chi connectivity index (χ0) is 15.4. The zero-order valence-corrected chi connectivity index (χ0v) is 13.4. The Morgan fingerprint density at radius 3 is 2.90 bits per heavy atom. The lowest BCUT2D eigenvalue weighted by atomic mass is 10.1. The second-order valence-corrected chi connectivity index (χ2v) is 5.80. The van der Waals surface area contributed by atoms with Crippen molar-refractivity contribution >= 4 is 5.91 Å². The number of likely N-dealkylation sites (N-methyl/N-ethyl adjacent to an activating group) is 1. The minimum Gasteiger partial charge on any atom is -0.336 e. The minimum absolute atomic E-state index is 0.109. The van der Waals surface area contributed by atoms with Gasteiger partial charge in [-0.2, -0.15) is 5.10 Å². The van der Waals surface area contributed by atoms with Crippen LogP contribution in [0.2, 0.25) is 0 Å². The van der Waals surface area contributed by atoms with Crippen molar-refractivity contribution in [2.75, 3.05) is 33.2 Å². The Morgan fingerprint density at radius 2 is 2.24 bits per heavy atom. The average molecular weight is 293 g/mol. The fraction of sp³-hybridized carbons (Fsp3) is 0.733. The predicted molar refractivity (Wildman–Crippen MR) is 83.2 cm³/mol. The molecule has 0 aromatic carbocycles. The molecule has 1 fully saturated rings. The van der Waals surface area contributed by atoms with Gasteiger partial charge in [0, 0.05) is 37.9 Å². The molecule has 1 aliphatic heterocycles. The summed E-state index contributed by atoms with van der Waals surface area (Å²) < 4.78 is 1.88. The lowest BCUT2D eigenvalue weighted by Gasteiger charge is -2.39. The third-order valence-electron chi connectivity index (χ3n) is 4.44. The average Bonchev–Trinajstić information content (AvgIpc) is 2.86. The van der Waals surface area contributed by atoms with Gasteiger partial charge >= 0.3 is 0 Å². The molecule has 2 N–H and O–H groups in total. The van der Waals surface area contributed by atoms with Crippen molar-refractivity contribution < 1.29 is 4.79 Å². The molecule has 2 rings (SSSR count). The number of amides is 1. The van der Waals surface area contributed by atoms with E-state index in [0.717, 1.165) is 50.3 Å². The lowest BCUT2D eigenvalue weighted by Crippen LogP contribution is -2.53. The molecule has 1 aromatic heterocycles. The van der Waals surface area contributed by atoms with E-state index in [1.54, 1.807) is 6.20 Å². The van der Waals surface area contributed by atoms with Gasteiger partial charge in [-0.05, 0) is 33.4 Å². The molecule has 6 nitrogen and oxygen atoms in total. The molecule has 1 amide bonds. The van der Waals surface area contributed by atoms with E-state index in [2.05, 4.69) is 24.0 Å². The Morgan fingerprint density at radius 1 is 1.48 bits per heavy atom. The van der Waals surface area contributed by atoms with Crippen molar-refractivity contribution in [3.8, 4) is 0 Å². The molecule has 6 heteroatoms. The smallest absolute Gasteiger partial charge is 0.257 e. The van der Waals surface area contributed by atoms with Crippen molar-refractivity contribution in [3.63, 3.8) is 0 Å². The van der Waals surface area contributed by atoms with E-state index in [-0.39, 0.29) is 5.91 Å². The van der Waals surface area contributed by atoms with Gasteiger partial charge in [0.05, 0.1) is 11.8 Å². The van der Waals surface area contributed by atoms with Gasteiger partial charge in [-0.3, -0.25) is 14.4 Å². The molecule has 1 aromatic rings. The van der Waals surface area contributed by atoms with Crippen LogP contribution in [0.4, 0.5) is 0 Å². The van der Waals surface area contributed by atoms with Gasteiger partial charge in [0.25, 0.3) is 5.91 Å². The maximum atomic E-state index is 12.7. The highest BCUT2D eigenvalue weighted by Gasteiger charge is 2.28. The number of carbonyl (C=O) groups is 1. The summed E-state index contributed by atoms with van der Waals surface area (Å²) in [6.07, 6.45) is 3.64. The fourth-order valence-electron chi connectivity index (χ4n) is 2.86. The summed E-state index contributed by atoms with van der Waals surface area (Å²) in [7, 11) is 2.13. The minimum atomic E-state index is 0.109. The van der Waals surface area contributed by atoms with Crippen LogP contribution in [0, 0.1) is 6.92 Å². The Kier molecular flexibility index (Phi) is 5.36. The first-order valence-electron chi connectivity index (χ1n) is 7.80. The number of aromatic nitrogens is 2. The van der Waals surface area contributed by atoms with Crippen molar-refractivity contribution in [2.45, 2.75) is 39.3 Å². The summed E-state index contributed by atoms with van der Waals surface area (Å²) in [5.74, 6) is 0.109. The summed E-state index contributed by atoms with van der Waals surface area (Å²) in [4.78, 5) is 17.0. The Bertz CT molecular complexity index is 484. The van der Waals surface area contributed by atoms with Gasteiger partial charge in [0.1, 0.15) is 0 Å². The Balaban J connectivity index is 2.08. The van der Waals surface area contributed by atoms with Crippen molar-refractivity contribution in [1.82, 2.24) is 19.6 Å². The molecular formula is C15H27N5O. The summed E-state index contributed by atoms with van der Waals surface area (Å²) >= 11 is 0. The van der Waals surface area contributed by atoms with Crippen LogP contribution in [-0.2, 0) is 6.54 Å². The molecule has 1 saturated heterocycles. The number of carbonyl (C=O) groups excluding carboxylic acids is 1. The van der Waals surface area contributed by atoms with Crippen LogP contribution in [0.5, 0.6) is 0 Å². The standard InChI is InChI=1S/C15H27N5O/c1-4-13-11-19(9-8-18(13)3)15(21)14-10-17-20(12(14)2)7-5-6-16/h10,13H,4-9,11,16H2,1-3H3. The molecule has 1 aliphatic rings. The molecule has 1 unspecified atom stereocenters. The molecule has 118 valence electrons. The molecule has 0 spiro atoms. The maximum Gasteiger partial charge on any atom is 0.257 e. The second kappa shape index (κ2) is 7.04. The number of hydrogen-bond donors (Lipinski definition) is 1. The third-order valence-corrected chi connectivity index (χ3v) is 4.44. The van der Waals surface area contributed by atoms with Crippen LogP contribution in [0.25, 0.3) is 0 Å². The summed E-state index contributed by atoms with van der Waals surface area (Å²) in [5, 5.41) is 4.33. The number of aryl methyl sites for hydroxylation is 1. The molecule has 0 radical (unpaired) electrons. The van der Waals surface area contributed by atoms with E-state index in [1.807, 2.05) is 16.5 Å². The third kappa shape index (κ3) is 3.44. The first kappa shape index (κ1) is 16.0. The highest BCUT2D eigenvalue weighted by atomic mass is 16.2. The lowest BCUT2D eigenvalue weighted by molar-refractivity contribution is 0.0541. The van der Waals surface area contributed by atoms with E-state index in [0.29, 0.717) is 12.6 Å². The summed E-state index contributed by atoms with van der Waals surface area (Å²) in [6, 6.07) is 0.454. The van der Waals surface area contributed by atoms with Crippen molar-refractivity contribution in [2.24, 2.45) is 5.73 Å². The van der Waals surface area contributed by atoms with Crippen LogP contribution >= 0.6 is 0 Å². The normalized spacial score (nSPS) is 20.0. The molecule has 1 atom stereocenters. The number of nitrogens with zero attached hydrogens (tertiary/aromatic N) is 4. The highest BCUT2D eigenvalue weighted by molar-refractivity contribution is 5.95. The van der Waals surface area contributed by atoms with Crippen LogP contribution in [0.1, 0.15) is 35.8 Å². The maximum absolute atomic E-state index is 12.7. The van der Waals surface area contributed by atoms with E-state index >= 15 is 0 Å². The topological polar surface area (TPSA) is 67.4 Å². The molecule has 21 heavy (non-hydrogen) atoms. The molecule has 0 saturated carbocycles.